The molecule has 1 aliphatic carbocycles. The Kier molecular flexibility index (Phi) is 5.01. The van der Waals surface area contributed by atoms with Crippen molar-refractivity contribution in [3.8, 4) is 11.3 Å². The normalized spacial score (nSPS) is 19.6. The molecule has 2 atom stereocenters. The standard InChI is InChI=1S/C21H18ClNO2/c1-13-9-15(6-7-22)10-14(2)19(13)20-18(24)12-16(21(20)25)11-17-5-3-4-8-23-17/h3-5,8-10,16,20H,11-12H2,1-2H3. The second-order valence-corrected chi connectivity index (χ2v) is 6.66. The molecule has 1 aromatic heterocycles. The van der Waals surface area contributed by atoms with Crippen LogP contribution in [0.25, 0.3) is 0 Å². The number of pyridine rings is 1. The lowest BCUT2D eigenvalue weighted by Crippen LogP contribution is -2.19. The second-order valence-electron chi connectivity index (χ2n) is 6.47. The highest BCUT2D eigenvalue weighted by Gasteiger charge is 2.43. The first-order valence-electron chi connectivity index (χ1n) is 8.20. The molecule has 0 radical (unpaired) electrons. The van der Waals surface area contributed by atoms with E-state index in [0.717, 1.165) is 27.9 Å². The molecule has 1 fully saturated rings. The Morgan fingerprint density at radius 1 is 1.20 bits per heavy atom. The van der Waals surface area contributed by atoms with Crippen LogP contribution in [0, 0.1) is 31.1 Å². The van der Waals surface area contributed by atoms with E-state index in [2.05, 4.69) is 16.3 Å². The Morgan fingerprint density at radius 2 is 1.92 bits per heavy atom. The van der Waals surface area contributed by atoms with Gasteiger partial charge in [0.2, 0.25) is 0 Å². The molecule has 2 unspecified atom stereocenters. The van der Waals surface area contributed by atoms with Crippen molar-refractivity contribution in [3.63, 3.8) is 0 Å². The van der Waals surface area contributed by atoms with E-state index in [-0.39, 0.29) is 23.9 Å². The number of halogens is 1. The Morgan fingerprint density at radius 3 is 2.52 bits per heavy atom. The van der Waals surface area contributed by atoms with Crippen molar-refractivity contribution in [2.45, 2.75) is 32.6 Å². The first-order valence-corrected chi connectivity index (χ1v) is 8.58. The number of carbonyl (C=O) groups is 2. The van der Waals surface area contributed by atoms with E-state index in [4.69, 9.17) is 11.6 Å². The van der Waals surface area contributed by atoms with Gasteiger partial charge in [0.1, 0.15) is 11.7 Å². The zero-order chi connectivity index (χ0) is 18.0. The number of Topliss-reactive ketones (excluding diaryl/α,β-unsaturated/α-hetero) is 2. The average Bonchev–Trinajstić information content (AvgIpc) is 2.83. The lowest BCUT2D eigenvalue weighted by molar-refractivity contribution is -0.124. The molecule has 0 N–H and O–H groups in total. The molecule has 126 valence electrons. The highest BCUT2D eigenvalue weighted by Crippen LogP contribution is 2.37. The van der Waals surface area contributed by atoms with Crippen LogP contribution in [0.1, 0.15) is 40.3 Å². The maximum absolute atomic E-state index is 12.9. The van der Waals surface area contributed by atoms with E-state index in [1.807, 2.05) is 44.2 Å². The maximum atomic E-state index is 12.9. The van der Waals surface area contributed by atoms with Gasteiger partial charge in [0.25, 0.3) is 0 Å². The molecule has 1 aliphatic rings. The third-order valence-electron chi connectivity index (χ3n) is 4.71. The van der Waals surface area contributed by atoms with Gasteiger partial charge in [-0.15, -0.1) is 0 Å². The van der Waals surface area contributed by atoms with Gasteiger partial charge in [0.05, 0.1) is 0 Å². The van der Waals surface area contributed by atoms with Crippen molar-refractivity contribution in [2.75, 3.05) is 0 Å². The van der Waals surface area contributed by atoms with Crippen molar-refractivity contribution < 1.29 is 9.59 Å². The van der Waals surface area contributed by atoms with Crippen molar-refractivity contribution >= 4 is 23.2 Å². The molecule has 0 aliphatic heterocycles. The zero-order valence-corrected chi connectivity index (χ0v) is 14.9. The number of aryl methyl sites for hydroxylation is 2. The Hall–Kier alpha value is -2.44. The summed E-state index contributed by atoms with van der Waals surface area (Å²) in [6.45, 7) is 3.82. The average molecular weight is 352 g/mol. The molecule has 0 saturated heterocycles. The van der Waals surface area contributed by atoms with Crippen molar-refractivity contribution in [2.24, 2.45) is 5.92 Å². The van der Waals surface area contributed by atoms with E-state index < -0.39 is 5.92 Å². The van der Waals surface area contributed by atoms with Crippen LogP contribution in [0.3, 0.4) is 0 Å². The minimum Gasteiger partial charge on any atom is -0.298 e. The lowest BCUT2D eigenvalue weighted by Gasteiger charge is -2.16. The molecule has 0 spiro atoms. The number of ketones is 2. The molecule has 1 saturated carbocycles. The highest BCUT2D eigenvalue weighted by molar-refractivity contribution is 6.30. The topological polar surface area (TPSA) is 47.0 Å². The number of benzene rings is 1. The zero-order valence-electron chi connectivity index (χ0n) is 14.2. The maximum Gasteiger partial charge on any atom is 0.151 e. The summed E-state index contributed by atoms with van der Waals surface area (Å²) in [5.74, 6) is 1.83. The fourth-order valence-electron chi connectivity index (χ4n) is 3.66. The molecule has 0 amide bonds. The molecule has 1 heterocycles. The van der Waals surface area contributed by atoms with Crippen LogP contribution in [0.15, 0.2) is 36.5 Å². The number of hydrogen-bond donors (Lipinski definition) is 0. The van der Waals surface area contributed by atoms with Gasteiger partial charge >= 0.3 is 0 Å². The van der Waals surface area contributed by atoms with Crippen LogP contribution in [-0.4, -0.2) is 16.6 Å². The van der Waals surface area contributed by atoms with Gasteiger partial charge in [-0.1, -0.05) is 6.07 Å². The summed E-state index contributed by atoms with van der Waals surface area (Å²) in [6, 6.07) is 9.38. The van der Waals surface area contributed by atoms with Crippen molar-refractivity contribution in [1.29, 1.82) is 0 Å². The van der Waals surface area contributed by atoms with Gasteiger partial charge in [-0.2, -0.15) is 0 Å². The van der Waals surface area contributed by atoms with Crippen LogP contribution >= 0.6 is 11.6 Å². The summed E-state index contributed by atoms with van der Waals surface area (Å²) in [5.41, 5.74) is 4.25. The fraction of sp³-hybridized carbons (Fsp3) is 0.286. The summed E-state index contributed by atoms with van der Waals surface area (Å²) in [5, 5.41) is 2.36. The van der Waals surface area contributed by atoms with Crippen LogP contribution in [-0.2, 0) is 16.0 Å². The van der Waals surface area contributed by atoms with Crippen LogP contribution in [0.5, 0.6) is 0 Å². The van der Waals surface area contributed by atoms with Gasteiger partial charge in [0.15, 0.2) is 5.78 Å². The summed E-state index contributed by atoms with van der Waals surface area (Å²) in [7, 11) is 0. The summed E-state index contributed by atoms with van der Waals surface area (Å²) >= 11 is 5.47. The van der Waals surface area contributed by atoms with Crippen molar-refractivity contribution in [1.82, 2.24) is 4.98 Å². The third-order valence-corrected chi connectivity index (χ3v) is 4.81. The predicted octanol–water partition coefficient (Wildman–Crippen LogP) is 3.73. The fourth-order valence-corrected chi connectivity index (χ4v) is 3.77. The number of nitrogens with zero attached hydrogens (tertiary/aromatic N) is 1. The second kappa shape index (κ2) is 7.21. The Labute approximate surface area is 152 Å². The molecule has 1 aromatic carbocycles. The van der Waals surface area contributed by atoms with E-state index in [1.165, 1.54) is 0 Å². The van der Waals surface area contributed by atoms with Crippen LogP contribution in [0.2, 0.25) is 0 Å². The van der Waals surface area contributed by atoms with Gasteiger partial charge in [-0.25, -0.2) is 0 Å². The first-order chi connectivity index (χ1) is 12.0. The Bertz CT molecular complexity index is 870. The molecular weight excluding hydrogens is 334 g/mol. The third kappa shape index (κ3) is 3.50. The molecule has 3 nitrogen and oxygen atoms in total. The van der Waals surface area contributed by atoms with E-state index in [9.17, 15) is 9.59 Å². The molecule has 3 rings (SSSR count). The number of carbonyl (C=O) groups excluding carboxylic acids is 2. The highest BCUT2D eigenvalue weighted by atomic mass is 35.5. The van der Waals surface area contributed by atoms with E-state index >= 15 is 0 Å². The van der Waals surface area contributed by atoms with Gasteiger partial charge < -0.3 is 0 Å². The first kappa shape index (κ1) is 17.4. The van der Waals surface area contributed by atoms with E-state index in [0.29, 0.717) is 6.42 Å². The van der Waals surface area contributed by atoms with Gasteiger partial charge in [-0.05, 0) is 78.7 Å². The molecule has 4 heteroatoms. The minimum absolute atomic E-state index is 0.00182. The van der Waals surface area contributed by atoms with E-state index in [1.54, 1.807) is 6.20 Å². The minimum atomic E-state index is -0.674. The largest absolute Gasteiger partial charge is 0.298 e. The summed E-state index contributed by atoms with van der Waals surface area (Å²) < 4.78 is 0. The monoisotopic (exact) mass is 351 g/mol. The number of aromatic nitrogens is 1. The van der Waals surface area contributed by atoms with Crippen LogP contribution in [0.4, 0.5) is 0 Å². The lowest BCUT2D eigenvalue weighted by atomic mass is 9.86. The van der Waals surface area contributed by atoms with Crippen molar-refractivity contribution in [3.05, 3.63) is 64.5 Å². The number of hydrogen-bond acceptors (Lipinski definition) is 3. The number of rotatable bonds is 3. The van der Waals surface area contributed by atoms with Crippen LogP contribution < -0.4 is 0 Å². The van der Waals surface area contributed by atoms with Gasteiger partial charge in [-0.3, -0.25) is 14.6 Å². The molecule has 25 heavy (non-hydrogen) atoms. The summed E-state index contributed by atoms with van der Waals surface area (Å²) in [4.78, 5) is 29.8. The molecule has 0 bridgehead atoms. The SMILES string of the molecule is Cc1cc(C#CCl)cc(C)c1C1C(=O)CC(Cc2ccccn2)C1=O. The molecule has 2 aromatic rings. The smallest absolute Gasteiger partial charge is 0.151 e. The van der Waals surface area contributed by atoms with Gasteiger partial charge in [0, 0.05) is 35.2 Å². The quantitative estimate of drug-likeness (QED) is 0.625. The summed E-state index contributed by atoms with van der Waals surface area (Å²) in [6.07, 6.45) is 2.50. The predicted molar refractivity (Wildman–Crippen MR) is 97.5 cm³/mol. The Balaban J connectivity index is 1.91. The molecular formula is C21H18ClNO2.